The lowest BCUT2D eigenvalue weighted by Gasteiger charge is -2.12. The molecule has 1 N–H and O–H groups in total. The number of benzene rings is 1. The van der Waals surface area contributed by atoms with Crippen molar-refractivity contribution >= 4 is 0 Å². The SMILES string of the molecule is CCC(CC)CCc1ccc(O)c(OC)c1. The summed E-state index contributed by atoms with van der Waals surface area (Å²) in [6, 6.07) is 5.61. The zero-order chi connectivity index (χ0) is 12.0. The highest BCUT2D eigenvalue weighted by Gasteiger charge is 2.06. The van der Waals surface area contributed by atoms with Gasteiger partial charge in [0.05, 0.1) is 7.11 Å². The maximum atomic E-state index is 9.48. The van der Waals surface area contributed by atoms with Crippen LogP contribution < -0.4 is 4.74 Å². The molecule has 1 aromatic rings. The molecule has 0 atom stereocenters. The van der Waals surface area contributed by atoms with Crippen LogP contribution in [0.2, 0.25) is 0 Å². The third-order valence-electron chi connectivity index (χ3n) is 3.24. The largest absolute Gasteiger partial charge is 0.504 e. The molecule has 0 aliphatic carbocycles. The number of hydrogen-bond donors (Lipinski definition) is 1. The third-order valence-corrected chi connectivity index (χ3v) is 3.24. The van der Waals surface area contributed by atoms with E-state index >= 15 is 0 Å². The van der Waals surface area contributed by atoms with Gasteiger partial charge >= 0.3 is 0 Å². The van der Waals surface area contributed by atoms with Crippen molar-refractivity contribution in [3.8, 4) is 11.5 Å². The van der Waals surface area contributed by atoms with Gasteiger partial charge in [-0.15, -0.1) is 0 Å². The molecule has 1 aromatic carbocycles. The zero-order valence-corrected chi connectivity index (χ0v) is 10.5. The normalized spacial score (nSPS) is 10.8. The van der Waals surface area contributed by atoms with E-state index in [0.29, 0.717) is 5.75 Å². The van der Waals surface area contributed by atoms with Gasteiger partial charge in [0.15, 0.2) is 11.5 Å². The smallest absolute Gasteiger partial charge is 0.160 e. The predicted octanol–water partition coefficient (Wildman–Crippen LogP) is 3.77. The Labute approximate surface area is 98.3 Å². The molecule has 0 heterocycles. The van der Waals surface area contributed by atoms with Gasteiger partial charge in [-0.1, -0.05) is 32.8 Å². The highest BCUT2D eigenvalue weighted by Crippen LogP contribution is 2.27. The van der Waals surface area contributed by atoms with E-state index in [9.17, 15) is 5.11 Å². The Morgan fingerprint density at radius 2 is 1.94 bits per heavy atom. The number of ether oxygens (including phenoxy) is 1. The molecule has 0 aromatic heterocycles. The average molecular weight is 222 g/mol. The maximum Gasteiger partial charge on any atom is 0.160 e. The highest BCUT2D eigenvalue weighted by molar-refractivity contribution is 5.41. The van der Waals surface area contributed by atoms with Crippen molar-refractivity contribution in [2.45, 2.75) is 39.5 Å². The Morgan fingerprint density at radius 1 is 1.25 bits per heavy atom. The predicted molar refractivity (Wildman–Crippen MR) is 67.1 cm³/mol. The molecule has 90 valence electrons. The van der Waals surface area contributed by atoms with Gasteiger partial charge in [-0.05, 0) is 36.5 Å². The van der Waals surface area contributed by atoms with Crippen LogP contribution in [0.5, 0.6) is 11.5 Å². The van der Waals surface area contributed by atoms with E-state index < -0.39 is 0 Å². The Kier molecular flexibility index (Phi) is 5.17. The van der Waals surface area contributed by atoms with Gasteiger partial charge in [-0.25, -0.2) is 0 Å². The number of phenols is 1. The van der Waals surface area contributed by atoms with Crippen molar-refractivity contribution in [2.75, 3.05) is 7.11 Å². The Morgan fingerprint density at radius 3 is 2.50 bits per heavy atom. The first-order chi connectivity index (χ1) is 7.71. The summed E-state index contributed by atoms with van der Waals surface area (Å²) in [4.78, 5) is 0. The van der Waals surface area contributed by atoms with Crippen molar-refractivity contribution in [3.05, 3.63) is 23.8 Å². The number of methoxy groups -OCH3 is 1. The molecular weight excluding hydrogens is 200 g/mol. The Hall–Kier alpha value is -1.18. The topological polar surface area (TPSA) is 29.5 Å². The van der Waals surface area contributed by atoms with E-state index in [0.717, 1.165) is 12.3 Å². The third kappa shape index (κ3) is 3.44. The number of aromatic hydroxyl groups is 1. The van der Waals surface area contributed by atoms with Crippen molar-refractivity contribution in [1.82, 2.24) is 0 Å². The van der Waals surface area contributed by atoms with Crippen molar-refractivity contribution < 1.29 is 9.84 Å². The maximum absolute atomic E-state index is 9.48. The van der Waals surface area contributed by atoms with Gasteiger partial charge < -0.3 is 9.84 Å². The zero-order valence-electron chi connectivity index (χ0n) is 10.5. The van der Waals surface area contributed by atoms with Crippen LogP contribution in [0.3, 0.4) is 0 Å². The molecule has 0 saturated heterocycles. The van der Waals surface area contributed by atoms with Crippen LogP contribution in [-0.2, 0) is 6.42 Å². The molecule has 2 heteroatoms. The molecule has 1 rings (SSSR count). The van der Waals surface area contributed by atoms with Gasteiger partial charge in [0, 0.05) is 0 Å². The van der Waals surface area contributed by atoms with Crippen LogP contribution in [0.1, 0.15) is 38.7 Å². The highest BCUT2D eigenvalue weighted by atomic mass is 16.5. The second-order valence-corrected chi connectivity index (χ2v) is 4.23. The average Bonchev–Trinajstić information content (AvgIpc) is 2.32. The Balaban J connectivity index is 2.60. The molecule has 16 heavy (non-hydrogen) atoms. The quantitative estimate of drug-likeness (QED) is 0.794. The van der Waals surface area contributed by atoms with Gasteiger partial charge in [0.1, 0.15) is 0 Å². The Bertz CT molecular complexity index is 317. The first kappa shape index (κ1) is 12.9. The lowest BCUT2D eigenvalue weighted by atomic mass is 9.95. The summed E-state index contributed by atoms with van der Waals surface area (Å²) < 4.78 is 5.10. The summed E-state index contributed by atoms with van der Waals surface area (Å²) in [6.45, 7) is 4.48. The molecule has 0 saturated carbocycles. The fourth-order valence-corrected chi connectivity index (χ4v) is 1.95. The van der Waals surface area contributed by atoms with Crippen LogP contribution in [0.25, 0.3) is 0 Å². The van der Waals surface area contributed by atoms with E-state index in [1.807, 2.05) is 12.1 Å². The lowest BCUT2D eigenvalue weighted by molar-refractivity contribution is 0.372. The minimum absolute atomic E-state index is 0.216. The van der Waals surface area contributed by atoms with Gasteiger partial charge in [-0.3, -0.25) is 0 Å². The monoisotopic (exact) mass is 222 g/mol. The van der Waals surface area contributed by atoms with Crippen molar-refractivity contribution in [3.63, 3.8) is 0 Å². The van der Waals surface area contributed by atoms with Crippen molar-refractivity contribution in [1.29, 1.82) is 0 Å². The minimum atomic E-state index is 0.216. The first-order valence-corrected chi connectivity index (χ1v) is 6.07. The van der Waals surface area contributed by atoms with Crippen LogP contribution in [0.4, 0.5) is 0 Å². The second kappa shape index (κ2) is 6.41. The van der Waals surface area contributed by atoms with E-state index in [2.05, 4.69) is 13.8 Å². The summed E-state index contributed by atoms with van der Waals surface area (Å²) in [5, 5.41) is 9.48. The fraction of sp³-hybridized carbons (Fsp3) is 0.571. The van der Waals surface area contributed by atoms with Gasteiger partial charge in [0.25, 0.3) is 0 Å². The number of rotatable bonds is 6. The summed E-state index contributed by atoms with van der Waals surface area (Å²) >= 11 is 0. The summed E-state index contributed by atoms with van der Waals surface area (Å²) in [6.07, 6.45) is 4.75. The fourth-order valence-electron chi connectivity index (χ4n) is 1.95. The van der Waals surface area contributed by atoms with Crippen LogP contribution >= 0.6 is 0 Å². The first-order valence-electron chi connectivity index (χ1n) is 6.07. The van der Waals surface area contributed by atoms with Crippen molar-refractivity contribution in [2.24, 2.45) is 5.92 Å². The van der Waals surface area contributed by atoms with E-state index in [1.54, 1.807) is 13.2 Å². The molecule has 0 radical (unpaired) electrons. The second-order valence-electron chi connectivity index (χ2n) is 4.23. The molecule has 0 amide bonds. The number of phenolic OH excluding ortho intramolecular Hbond substituents is 1. The standard InChI is InChI=1S/C14H22O2/c1-4-11(5-2)6-7-12-8-9-13(15)14(10-12)16-3/h8-11,15H,4-7H2,1-3H3. The molecule has 0 aliphatic rings. The molecular formula is C14H22O2. The van der Waals surface area contributed by atoms with E-state index in [1.165, 1.54) is 24.8 Å². The molecule has 0 bridgehead atoms. The van der Waals surface area contributed by atoms with E-state index in [4.69, 9.17) is 4.74 Å². The van der Waals surface area contributed by atoms with Crippen LogP contribution in [-0.4, -0.2) is 12.2 Å². The molecule has 2 nitrogen and oxygen atoms in total. The van der Waals surface area contributed by atoms with Crippen LogP contribution in [0, 0.1) is 5.92 Å². The summed E-state index contributed by atoms with van der Waals surface area (Å²) in [5.74, 6) is 1.59. The summed E-state index contributed by atoms with van der Waals surface area (Å²) in [7, 11) is 1.58. The molecule has 0 aliphatic heterocycles. The molecule has 0 spiro atoms. The minimum Gasteiger partial charge on any atom is -0.504 e. The van der Waals surface area contributed by atoms with Gasteiger partial charge in [0.2, 0.25) is 0 Å². The molecule has 0 unspecified atom stereocenters. The molecule has 0 fully saturated rings. The van der Waals surface area contributed by atoms with E-state index in [-0.39, 0.29) is 5.75 Å². The summed E-state index contributed by atoms with van der Waals surface area (Å²) in [5.41, 5.74) is 1.24. The van der Waals surface area contributed by atoms with Gasteiger partial charge in [-0.2, -0.15) is 0 Å². The van der Waals surface area contributed by atoms with Crippen LogP contribution in [0.15, 0.2) is 18.2 Å². The lowest BCUT2D eigenvalue weighted by Crippen LogP contribution is -1.99. The number of aryl methyl sites for hydroxylation is 1. The number of hydrogen-bond acceptors (Lipinski definition) is 2.